The lowest BCUT2D eigenvalue weighted by Crippen LogP contribution is -2.10. The summed E-state index contributed by atoms with van der Waals surface area (Å²) in [7, 11) is 0. The molecule has 0 fully saturated rings. The molecule has 0 aliphatic carbocycles. The van der Waals surface area contributed by atoms with Gasteiger partial charge in [0.2, 0.25) is 0 Å². The van der Waals surface area contributed by atoms with E-state index in [1.165, 1.54) is 6.07 Å². The van der Waals surface area contributed by atoms with Crippen molar-refractivity contribution in [3.63, 3.8) is 0 Å². The fourth-order valence-electron chi connectivity index (χ4n) is 1.99. The van der Waals surface area contributed by atoms with Crippen molar-refractivity contribution in [1.29, 1.82) is 0 Å². The van der Waals surface area contributed by atoms with Crippen LogP contribution in [0.15, 0.2) is 48.5 Å². The fourth-order valence-corrected chi connectivity index (χ4v) is 1.99. The molecule has 0 saturated heterocycles. The van der Waals surface area contributed by atoms with Gasteiger partial charge < -0.3 is 10.8 Å². The molecule has 0 aromatic heterocycles. The summed E-state index contributed by atoms with van der Waals surface area (Å²) < 4.78 is 0. The van der Waals surface area contributed by atoms with Gasteiger partial charge in [-0.15, -0.1) is 0 Å². The Morgan fingerprint density at radius 1 is 0.900 bits per heavy atom. The summed E-state index contributed by atoms with van der Waals surface area (Å²) in [6, 6.07) is 13.7. The summed E-state index contributed by atoms with van der Waals surface area (Å²) in [5, 5.41) is 9.08. The Morgan fingerprint density at radius 3 is 2.00 bits per heavy atom. The van der Waals surface area contributed by atoms with Gasteiger partial charge in [0.25, 0.3) is 0 Å². The van der Waals surface area contributed by atoms with Gasteiger partial charge in [-0.2, -0.15) is 0 Å². The predicted octanol–water partition coefficient (Wildman–Crippen LogP) is 2.27. The molecule has 102 valence electrons. The lowest BCUT2D eigenvalue weighted by atomic mass is 9.98. The van der Waals surface area contributed by atoms with Gasteiger partial charge in [-0.1, -0.05) is 42.5 Å². The molecule has 0 amide bonds. The molecule has 20 heavy (non-hydrogen) atoms. The van der Waals surface area contributed by atoms with Gasteiger partial charge in [0.05, 0.1) is 5.56 Å². The SMILES string of the molecule is NCc1ccc(CC(=O)c2ccccc2C(=O)O)cc1. The largest absolute Gasteiger partial charge is 0.478 e. The Kier molecular flexibility index (Phi) is 4.27. The van der Waals surface area contributed by atoms with E-state index in [0.29, 0.717) is 6.54 Å². The number of benzene rings is 2. The lowest BCUT2D eigenvalue weighted by Gasteiger charge is -2.06. The molecule has 3 N–H and O–H groups in total. The predicted molar refractivity (Wildman–Crippen MR) is 75.8 cm³/mol. The molecule has 0 heterocycles. The molecule has 0 spiro atoms. The third-order valence-electron chi connectivity index (χ3n) is 3.08. The van der Waals surface area contributed by atoms with Crippen molar-refractivity contribution in [2.45, 2.75) is 13.0 Å². The Hall–Kier alpha value is -2.46. The van der Waals surface area contributed by atoms with Crippen LogP contribution >= 0.6 is 0 Å². The first kappa shape index (κ1) is 14.0. The molecular weight excluding hydrogens is 254 g/mol. The summed E-state index contributed by atoms with van der Waals surface area (Å²) in [5.41, 5.74) is 7.62. The highest BCUT2D eigenvalue weighted by atomic mass is 16.4. The summed E-state index contributed by atoms with van der Waals surface area (Å²) in [4.78, 5) is 23.3. The van der Waals surface area contributed by atoms with E-state index >= 15 is 0 Å². The van der Waals surface area contributed by atoms with Crippen LogP contribution in [0.1, 0.15) is 31.8 Å². The molecule has 2 aromatic rings. The van der Waals surface area contributed by atoms with Crippen LogP contribution in [0.25, 0.3) is 0 Å². The van der Waals surface area contributed by atoms with Gasteiger partial charge in [0, 0.05) is 18.5 Å². The lowest BCUT2D eigenvalue weighted by molar-refractivity contribution is 0.0692. The third-order valence-corrected chi connectivity index (χ3v) is 3.08. The Bertz CT molecular complexity index is 632. The summed E-state index contributed by atoms with van der Waals surface area (Å²) >= 11 is 0. The summed E-state index contributed by atoms with van der Waals surface area (Å²) in [6.45, 7) is 0.454. The molecule has 4 nitrogen and oxygen atoms in total. The summed E-state index contributed by atoms with van der Waals surface area (Å²) in [6.07, 6.45) is 0.176. The zero-order chi connectivity index (χ0) is 14.5. The number of Topliss-reactive ketones (excluding diaryl/α,β-unsaturated/α-hetero) is 1. The average molecular weight is 269 g/mol. The number of ketones is 1. The minimum absolute atomic E-state index is 0.0380. The van der Waals surface area contributed by atoms with Gasteiger partial charge in [0.15, 0.2) is 5.78 Å². The maximum Gasteiger partial charge on any atom is 0.336 e. The van der Waals surface area contributed by atoms with Crippen molar-refractivity contribution >= 4 is 11.8 Å². The van der Waals surface area contributed by atoms with E-state index in [9.17, 15) is 9.59 Å². The number of carboxylic acids is 1. The zero-order valence-electron chi connectivity index (χ0n) is 10.9. The molecule has 0 unspecified atom stereocenters. The van der Waals surface area contributed by atoms with E-state index in [-0.39, 0.29) is 23.3 Å². The molecule has 2 aromatic carbocycles. The van der Waals surface area contributed by atoms with E-state index in [0.717, 1.165) is 11.1 Å². The number of carbonyl (C=O) groups is 2. The van der Waals surface area contributed by atoms with Crippen LogP contribution in [0.2, 0.25) is 0 Å². The molecular formula is C16H15NO3. The van der Waals surface area contributed by atoms with Crippen molar-refractivity contribution in [3.05, 3.63) is 70.8 Å². The van der Waals surface area contributed by atoms with Crippen molar-refractivity contribution < 1.29 is 14.7 Å². The second kappa shape index (κ2) is 6.12. The quantitative estimate of drug-likeness (QED) is 0.816. The number of hydrogen-bond acceptors (Lipinski definition) is 3. The molecule has 0 bridgehead atoms. The minimum atomic E-state index is -1.09. The van der Waals surface area contributed by atoms with Crippen LogP contribution in [0.3, 0.4) is 0 Å². The van der Waals surface area contributed by atoms with Crippen LogP contribution in [0.5, 0.6) is 0 Å². The number of aromatic carboxylic acids is 1. The molecule has 0 atom stereocenters. The van der Waals surface area contributed by atoms with Crippen LogP contribution < -0.4 is 5.73 Å². The molecule has 0 saturated carbocycles. The van der Waals surface area contributed by atoms with Crippen LogP contribution in [-0.2, 0) is 13.0 Å². The van der Waals surface area contributed by atoms with Crippen molar-refractivity contribution in [3.8, 4) is 0 Å². The first-order valence-electron chi connectivity index (χ1n) is 6.25. The third kappa shape index (κ3) is 3.10. The highest BCUT2D eigenvalue weighted by molar-refractivity contribution is 6.06. The first-order valence-corrected chi connectivity index (χ1v) is 6.25. The van der Waals surface area contributed by atoms with Crippen LogP contribution in [0, 0.1) is 0 Å². The number of rotatable bonds is 5. The minimum Gasteiger partial charge on any atom is -0.478 e. The second-order valence-electron chi connectivity index (χ2n) is 4.47. The Labute approximate surface area is 116 Å². The van der Waals surface area contributed by atoms with E-state index in [1.54, 1.807) is 18.2 Å². The van der Waals surface area contributed by atoms with Crippen molar-refractivity contribution in [1.82, 2.24) is 0 Å². The second-order valence-corrected chi connectivity index (χ2v) is 4.47. The topological polar surface area (TPSA) is 80.4 Å². The zero-order valence-corrected chi connectivity index (χ0v) is 10.9. The highest BCUT2D eigenvalue weighted by Gasteiger charge is 2.15. The van der Waals surface area contributed by atoms with Gasteiger partial charge in [0.1, 0.15) is 0 Å². The maximum atomic E-state index is 12.2. The molecule has 0 aliphatic rings. The molecule has 2 rings (SSSR count). The van der Waals surface area contributed by atoms with E-state index < -0.39 is 5.97 Å². The first-order chi connectivity index (χ1) is 9.61. The molecule has 4 heteroatoms. The van der Waals surface area contributed by atoms with E-state index in [2.05, 4.69) is 0 Å². The number of hydrogen-bond donors (Lipinski definition) is 2. The number of carbonyl (C=O) groups excluding carboxylic acids is 1. The van der Waals surface area contributed by atoms with Gasteiger partial charge >= 0.3 is 5.97 Å². The average Bonchev–Trinajstić information content (AvgIpc) is 2.48. The van der Waals surface area contributed by atoms with Gasteiger partial charge in [-0.25, -0.2) is 4.79 Å². The normalized spacial score (nSPS) is 10.2. The number of nitrogens with two attached hydrogens (primary N) is 1. The summed E-state index contributed by atoms with van der Waals surface area (Å²) in [5.74, 6) is -1.30. The maximum absolute atomic E-state index is 12.2. The van der Waals surface area contributed by atoms with Crippen LogP contribution in [-0.4, -0.2) is 16.9 Å². The van der Waals surface area contributed by atoms with Gasteiger partial charge in [-0.05, 0) is 17.2 Å². The fraction of sp³-hybridized carbons (Fsp3) is 0.125. The van der Waals surface area contributed by atoms with E-state index in [4.69, 9.17) is 10.8 Å². The molecule has 0 radical (unpaired) electrons. The smallest absolute Gasteiger partial charge is 0.336 e. The van der Waals surface area contributed by atoms with Gasteiger partial charge in [-0.3, -0.25) is 4.79 Å². The number of carboxylic acid groups (broad SMARTS) is 1. The molecule has 0 aliphatic heterocycles. The van der Waals surface area contributed by atoms with E-state index in [1.807, 2.05) is 24.3 Å². The van der Waals surface area contributed by atoms with Crippen molar-refractivity contribution in [2.24, 2.45) is 5.73 Å². The monoisotopic (exact) mass is 269 g/mol. The Balaban J connectivity index is 2.21. The van der Waals surface area contributed by atoms with Crippen LogP contribution in [0.4, 0.5) is 0 Å². The highest BCUT2D eigenvalue weighted by Crippen LogP contribution is 2.13. The Morgan fingerprint density at radius 2 is 1.45 bits per heavy atom. The standard InChI is InChI=1S/C16H15NO3/c17-10-12-7-5-11(6-8-12)9-15(18)13-3-1-2-4-14(13)16(19)20/h1-8H,9-10,17H2,(H,19,20). The van der Waals surface area contributed by atoms with Crippen molar-refractivity contribution in [2.75, 3.05) is 0 Å².